The number of hydrogen-bond acceptors (Lipinski definition) is 1. The van der Waals surface area contributed by atoms with Gasteiger partial charge in [0.05, 0.1) is 0 Å². The maximum atomic E-state index is 11.2. The number of rotatable bonds is 3. The average molecular weight is 214 g/mol. The lowest BCUT2D eigenvalue weighted by molar-refractivity contribution is -0.130. The Balaban J connectivity index is 0.00000169. The Morgan fingerprint density at radius 3 is 2.36 bits per heavy atom. The van der Waals surface area contributed by atoms with Gasteiger partial charge in [-0.1, -0.05) is 37.3 Å². The molecule has 0 fully saturated rings. The number of halogens is 1. The highest BCUT2D eigenvalue weighted by molar-refractivity contribution is 5.85. The molecule has 0 saturated heterocycles. The van der Waals surface area contributed by atoms with Crippen LogP contribution >= 0.6 is 12.4 Å². The summed E-state index contributed by atoms with van der Waals surface area (Å²) in [7, 11) is 1.83. The third-order valence-electron chi connectivity index (χ3n) is 1.99. The summed E-state index contributed by atoms with van der Waals surface area (Å²) < 4.78 is 0. The Labute approximate surface area is 91.3 Å². The summed E-state index contributed by atoms with van der Waals surface area (Å²) in [4.78, 5) is 13.0. The van der Waals surface area contributed by atoms with E-state index in [-0.39, 0.29) is 18.3 Å². The molecule has 78 valence electrons. The normalized spacial score (nSPS) is 9.00. The van der Waals surface area contributed by atoms with Crippen LogP contribution in [0.25, 0.3) is 0 Å². The van der Waals surface area contributed by atoms with Crippen molar-refractivity contribution in [2.75, 3.05) is 7.05 Å². The van der Waals surface area contributed by atoms with Crippen LogP contribution in [0.4, 0.5) is 0 Å². The van der Waals surface area contributed by atoms with Crippen molar-refractivity contribution < 1.29 is 4.79 Å². The average Bonchev–Trinajstić information content (AvgIpc) is 2.18. The molecule has 0 bridgehead atoms. The van der Waals surface area contributed by atoms with Gasteiger partial charge in [0.1, 0.15) is 0 Å². The van der Waals surface area contributed by atoms with Crippen molar-refractivity contribution in [2.24, 2.45) is 0 Å². The monoisotopic (exact) mass is 213 g/mol. The van der Waals surface area contributed by atoms with Gasteiger partial charge in [-0.15, -0.1) is 12.4 Å². The lowest BCUT2D eigenvalue weighted by Gasteiger charge is -2.15. The van der Waals surface area contributed by atoms with Gasteiger partial charge in [0.15, 0.2) is 0 Å². The molecule has 0 spiro atoms. The zero-order valence-electron chi connectivity index (χ0n) is 8.56. The summed E-state index contributed by atoms with van der Waals surface area (Å²) in [6, 6.07) is 10.0. The number of nitrogens with zero attached hydrogens (tertiary/aromatic N) is 1. The molecule has 1 aromatic carbocycles. The summed E-state index contributed by atoms with van der Waals surface area (Å²) >= 11 is 0. The largest absolute Gasteiger partial charge is 0.341 e. The van der Waals surface area contributed by atoms with E-state index in [1.807, 2.05) is 44.3 Å². The van der Waals surface area contributed by atoms with E-state index in [2.05, 4.69) is 0 Å². The van der Waals surface area contributed by atoms with Crippen molar-refractivity contribution in [1.29, 1.82) is 0 Å². The van der Waals surface area contributed by atoms with E-state index in [4.69, 9.17) is 0 Å². The topological polar surface area (TPSA) is 20.3 Å². The van der Waals surface area contributed by atoms with Crippen molar-refractivity contribution in [3.63, 3.8) is 0 Å². The smallest absolute Gasteiger partial charge is 0.222 e. The molecule has 0 unspecified atom stereocenters. The van der Waals surface area contributed by atoms with Crippen molar-refractivity contribution in [2.45, 2.75) is 19.9 Å². The second kappa shape index (κ2) is 6.44. The molecule has 1 aromatic rings. The quantitative estimate of drug-likeness (QED) is 0.756. The number of amides is 1. The second-order valence-electron chi connectivity index (χ2n) is 3.09. The van der Waals surface area contributed by atoms with Crippen LogP contribution in [0.15, 0.2) is 30.3 Å². The lowest BCUT2D eigenvalue weighted by Crippen LogP contribution is -2.24. The van der Waals surface area contributed by atoms with Gasteiger partial charge in [-0.05, 0) is 5.56 Å². The Morgan fingerprint density at radius 2 is 1.86 bits per heavy atom. The minimum Gasteiger partial charge on any atom is -0.341 e. The molecule has 0 heterocycles. The summed E-state index contributed by atoms with van der Waals surface area (Å²) in [5.74, 6) is 0.184. The van der Waals surface area contributed by atoms with E-state index >= 15 is 0 Å². The van der Waals surface area contributed by atoms with Gasteiger partial charge in [0, 0.05) is 20.0 Å². The first kappa shape index (κ1) is 13.0. The van der Waals surface area contributed by atoms with Gasteiger partial charge in [-0.25, -0.2) is 0 Å². The minimum atomic E-state index is 0. The summed E-state index contributed by atoms with van der Waals surface area (Å²) in [6.07, 6.45) is 0.573. The highest BCUT2D eigenvalue weighted by atomic mass is 35.5. The summed E-state index contributed by atoms with van der Waals surface area (Å²) in [5, 5.41) is 0. The van der Waals surface area contributed by atoms with E-state index < -0.39 is 0 Å². The zero-order chi connectivity index (χ0) is 9.68. The predicted molar refractivity (Wildman–Crippen MR) is 60.5 cm³/mol. The van der Waals surface area contributed by atoms with Crippen LogP contribution < -0.4 is 0 Å². The molecule has 0 atom stereocenters. The fourth-order valence-corrected chi connectivity index (χ4v) is 1.22. The maximum absolute atomic E-state index is 11.2. The van der Waals surface area contributed by atoms with E-state index in [0.29, 0.717) is 13.0 Å². The van der Waals surface area contributed by atoms with Crippen molar-refractivity contribution in [3.8, 4) is 0 Å². The van der Waals surface area contributed by atoms with Gasteiger partial charge in [-0.3, -0.25) is 4.79 Å². The van der Waals surface area contributed by atoms with Crippen molar-refractivity contribution in [3.05, 3.63) is 35.9 Å². The molecule has 1 rings (SSSR count). The first-order valence-corrected chi connectivity index (χ1v) is 4.52. The number of carbonyl (C=O) groups is 1. The first-order valence-electron chi connectivity index (χ1n) is 4.52. The standard InChI is InChI=1S/C11H15NO.ClH/c1-3-11(13)12(2)9-10-7-5-4-6-8-10;/h4-8H,3,9H2,1-2H3;1H. The maximum Gasteiger partial charge on any atom is 0.222 e. The van der Waals surface area contributed by atoms with Gasteiger partial charge in [0.2, 0.25) is 5.91 Å². The second-order valence-corrected chi connectivity index (χ2v) is 3.09. The summed E-state index contributed by atoms with van der Waals surface area (Å²) in [5.41, 5.74) is 1.17. The molecule has 0 saturated carbocycles. The molecule has 0 radical (unpaired) electrons. The van der Waals surface area contributed by atoms with Crippen molar-refractivity contribution in [1.82, 2.24) is 4.90 Å². The van der Waals surface area contributed by atoms with Gasteiger partial charge >= 0.3 is 0 Å². The minimum absolute atomic E-state index is 0. The predicted octanol–water partition coefficient (Wildman–Crippen LogP) is 2.48. The van der Waals surface area contributed by atoms with Gasteiger partial charge in [-0.2, -0.15) is 0 Å². The van der Waals surface area contributed by atoms with Crippen LogP contribution in [0.1, 0.15) is 18.9 Å². The third kappa shape index (κ3) is 3.79. The highest BCUT2D eigenvalue weighted by Gasteiger charge is 2.05. The first-order chi connectivity index (χ1) is 6.24. The van der Waals surface area contributed by atoms with Gasteiger partial charge < -0.3 is 4.90 Å². The Bertz CT molecular complexity index is 274. The fourth-order valence-electron chi connectivity index (χ4n) is 1.22. The van der Waals surface area contributed by atoms with Crippen LogP contribution in [0, 0.1) is 0 Å². The Morgan fingerprint density at radius 1 is 1.29 bits per heavy atom. The SMILES string of the molecule is CCC(=O)N(C)Cc1ccccc1.Cl. The molecule has 3 heteroatoms. The van der Waals surface area contributed by atoms with E-state index in [1.165, 1.54) is 5.56 Å². The molecule has 0 aliphatic carbocycles. The molecule has 2 nitrogen and oxygen atoms in total. The Hall–Kier alpha value is -1.02. The molecule has 0 aromatic heterocycles. The molecule has 0 N–H and O–H groups in total. The van der Waals surface area contributed by atoms with Crippen LogP contribution in [0.2, 0.25) is 0 Å². The molecular formula is C11H16ClNO. The lowest BCUT2D eigenvalue weighted by atomic mass is 10.2. The van der Waals surface area contributed by atoms with E-state index in [9.17, 15) is 4.79 Å². The van der Waals surface area contributed by atoms with Crippen LogP contribution in [-0.2, 0) is 11.3 Å². The number of carbonyl (C=O) groups excluding carboxylic acids is 1. The van der Waals surface area contributed by atoms with Crippen LogP contribution in [-0.4, -0.2) is 17.9 Å². The van der Waals surface area contributed by atoms with Crippen molar-refractivity contribution >= 4 is 18.3 Å². The molecule has 0 aliphatic heterocycles. The van der Waals surface area contributed by atoms with Gasteiger partial charge in [0.25, 0.3) is 0 Å². The zero-order valence-corrected chi connectivity index (χ0v) is 9.38. The highest BCUT2D eigenvalue weighted by Crippen LogP contribution is 2.03. The molecule has 0 aliphatic rings. The number of benzene rings is 1. The molecule has 1 amide bonds. The molecular weight excluding hydrogens is 198 g/mol. The van der Waals surface area contributed by atoms with Crippen LogP contribution in [0.3, 0.4) is 0 Å². The summed E-state index contributed by atoms with van der Waals surface area (Å²) in [6.45, 7) is 2.58. The fraction of sp³-hybridized carbons (Fsp3) is 0.364. The van der Waals surface area contributed by atoms with E-state index in [0.717, 1.165) is 0 Å². The molecule has 14 heavy (non-hydrogen) atoms. The third-order valence-corrected chi connectivity index (χ3v) is 1.99. The van der Waals surface area contributed by atoms with E-state index in [1.54, 1.807) is 4.90 Å². The van der Waals surface area contributed by atoms with Crippen LogP contribution in [0.5, 0.6) is 0 Å². The Kier molecular flexibility index (Phi) is 5.97. The number of hydrogen-bond donors (Lipinski definition) is 0.